The summed E-state index contributed by atoms with van der Waals surface area (Å²) in [7, 11) is 0. The summed E-state index contributed by atoms with van der Waals surface area (Å²) in [5.41, 5.74) is 0.698. The van der Waals surface area contributed by atoms with Gasteiger partial charge < -0.3 is 15.7 Å². The van der Waals surface area contributed by atoms with E-state index in [1.165, 1.54) is 0 Å². The van der Waals surface area contributed by atoms with Crippen molar-refractivity contribution in [2.45, 2.75) is 0 Å². The smallest absolute Gasteiger partial charge is 0.321 e. The summed E-state index contributed by atoms with van der Waals surface area (Å²) in [6.07, 6.45) is 0. The number of benzene rings is 1. The van der Waals surface area contributed by atoms with Crippen LogP contribution in [0.3, 0.4) is 0 Å². The van der Waals surface area contributed by atoms with Crippen LogP contribution in [0.25, 0.3) is 0 Å². The monoisotopic (exact) mass is 166 g/mol. The van der Waals surface area contributed by atoms with Gasteiger partial charge in [-0.15, -0.1) is 0 Å². The fourth-order valence-electron chi connectivity index (χ4n) is 0.769. The minimum atomic E-state index is -0.413. The molecule has 4 heteroatoms. The van der Waals surface area contributed by atoms with E-state index in [9.17, 15) is 4.79 Å². The van der Waals surface area contributed by atoms with Gasteiger partial charge in [-0.2, -0.15) is 0 Å². The van der Waals surface area contributed by atoms with E-state index in [1.807, 2.05) is 18.2 Å². The van der Waals surface area contributed by atoms with E-state index in [1.54, 1.807) is 12.1 Å². The summed E-state index contributed by atoms with van der Waals surface area (Å²) in [5, 5.41) is 13.1. The molecule has 0 aliphatic carbocycles. The molecule has 3 N–H and O–H groups in total. The van der Waals surface area contributed by atoms with Crippen molar-refractivity contribution in [1.29, 1.82) is 0 Å². The van der Waals surface area contributed by atoms with Gasteiger partial charge in [-0.05, 0) is 12.1 Å². The summed E-state index contributed by atoms with van der Waals surface area (Å²) in [5.74, 6) is 0. The molecular weight excluding hydrogens is 156 g/mol. The zero-order chi connectivity index (χ0) is 8.81. The Morgan fingerprint density at radius 1 is 1.33 bits per heavy atom. The summed E-state index contributed by atoms with van der Waals surface area (Å²) in [4.78, 5) is 10.8. The van der Waals surface area contributed by atoms with Crippen molar-refractivity contribution in [3.63, 3.8) is 0 Å². The lowest BCUT2D eigenvalue weighted by Crippen LogP contribution is -2.29. The molecule has 0 spiro atoms. The second kappa shape index (κ2) is 4.35. The van der Waals surface area contributed by atoms with E-state index in [0.29, 0.717) is 5.69 Å². The topological polar surface area (TPSA) is 61.4 Å². The average Bonchev–Trinajstić information content (AvgIpc) is 2.06. The molecule has 64 valence electrons. The highest BCUT2D eigenvalue weighted by molar-refractivity contribution is 5.88. The molecule has 0 aliphatic rings. The van der Waals surface area contributed by atoms with Gasteiger partial charge in [-0.3, -0.25) is 0 Å². The summed E-state index contributed by atoms with van der Waals surface area (Å²) < 4.78 is 0. The fraction of sp³-hybridized carbons (Fsp3) is 0.125. The van der Waals surface area contributed by atoms with Gasteiger partial charge >= 0.3 is 6.03 Å². The Kier molecular flexibility index (Phi) is 3.10. The Bertz CT molecular complexity index is 248. The average molecular weight is 166 g/mol. The molecule has 0 aliphatic heterocycles. The van der Waals surface area contributed by atoms with E-state index in [0.717, 1.165) is 0 Å². The number of amides is 2. The molecule has 1 aromatic rings. The van der Waals surface area contributed by atoms with Crippen LogP contribution in [0.1, 0.15) is 0 Å². The number of aliphatic hydroxyl groups excluding tert-OH is 1. The minimum Gasteiger partial charge on any atom is -0.376 e. The van der Waals surface area contributed by atoms with Crippen molar-refractivity contribution in [2.75, 3.05) is 12.0 Å². The quantitative estimate of drug-likeness (QED) is 0.568. The first-order chi connectivity index (χ1) is 5.83. The molecule has 0 fully saturated rings. The van der Waals surface area contributed by atoms with Gasteiger partial charge in [0.2, 0.25) is 0 Å². The Hall–Kier alpha value is -1.55. The van der Waals surface area contributed by atoms with Gasteiger partial charge in [0.15, 0.2) is 0 Å². The molecule has 0 bridgehead atoms. The van der Waals surface area contributed by atoms with Crippen molar-refractivity contribution in [3.8, 4) is 0 Å². The van der Waals surface area contributed by atoms with Gasteiger partial charge in [-0.1, -0.05) is 18.2 Å². The van der Waals surface area contributed by atoms with Crippen LogP contribution in [0.4, 0.5) is 10.5 Å². The Morgan fingerprint density at radius 2 is 2.00 bits per heavy atom. The maximum absolute atomic E-state index is 10.8. The molecule has 0 saturated heterocycles. The molecule has 0 aromatic heterocycles. The number of para-hydroxylation sites is 1. The fourth-order valence-corrected chi connectivity index (χ4v) is 0.769. The molecule has 12 heavy (non-hydrogen) atoms. The van der Waals surface area contributed by atoms with Crippen LogP contribution in [-0.2, 0) is 0 Å². The highest BCUT2D eigenvalue weighted by Crippen LogP contribution is 2.03. The lowest BCUT2D eigenvalue weighted by atomic mass is 10.3. The Balaban J connectivity index is 2.47. The van der Waals surface area contributed by atoms with Gasteiger partial charge in [0, 0.05) is 5.69 Å². The lowest BCUT2D eigenvalue weighted by Gasteiger charge is -2.03. The molecule has 1 rings (SSSR count). The lowest BCUT2D eigenvalue weighted by molar-refractivity contribution is 0.228. The number of hydrogen-bond acceptors (Lipinski definition) is 2. The normalized spacial score (nSPS) is 9.08. The molecule has 0 heterocycles. The molecule has 0 atom stereocenters. The number of aliphatic hydroxyl groups is 1. The molecule has 0 saturated carbocycles. The predicted molar refractivity (Wildman–Crippen MR) is 45.7 cm³/mol. The largest absolute Gasteiger partial charge is 0.376 e. The highest BCUT2D eigenvalue weighted by Gasteiger charge is 1.96. The van der Waals surface area contributed by atoms with Crippen molar-refractivity contribution in [3.05, 3.63) is 30.3 Å². The minimum absolute atomic E-state index is 0.362. The van der Waals surface area contributed by atoms with Crippen molar-refractivity contribution < 1.29 is 9.90 Å². The number of nitrogens with one attached hydrogen (secondary N) is 2. The third-order valence-corrected chi connectivity index (χ3v) is 1.27. The third-order valence-electron chi connectivity index (χ3n) is 1.27. The summed E-state index contributed by atoms with van der Waals surface area (Å²) in [6, 6.07) is 8.59. The van der Waals surface area contributed by atoms with Crippen molar-refractivity contribution in [2.24, 2.45) is 0 Å². The van der Waals surface area contributed by atoms with Crippen LogP contribution in [0.5, 0.6) is 0 Å². The first-order valence-corrected chi connectivity index (χ1v) is 3.53. The zero-order valence-electron chi connectivity index (χ0n) is 6.45. The van der Waals surface area contributed by atoms with Crippen molar-refractivity contribution in [1.82, 2.24) is 5.32 Å². The molecule has 0 radical (unpaired) electrons. The third kappa shape index (κ3) is 2.59. The molecule has 4 nitrogen and oxygen atoms in total. The van der Waals surface area contributed by atoms with Crippen LogP contribution in [-0.4, -0.2) is 17.9 Å². The number of carbonyl (C=O) groups excluding carboxylic acids is 1. The number of rotatable bonds is 2. The second-order valence-corrected chi connectivity index (χ2v) is 2.16. The Morgan fingerprint density at radius 3 is 2.58 bits per heavy atom. The number of anilines is 1. The predicted octanol–water partition coefficient (Wildman–Crippen LogP) is 0.758. The van der Waals surface area contributed by atoms with Crippen LogP contribution < -0.4 is 10.6 Å². The van der Waals surface area contributed by atoms with Gasteiger partial charge in [0.25, 0.3) is 0 Å². The molecule has 1 aromatic carbocycles. The zero-order valence-corrected chi connectivity index (χ0v) is 6.45. The van der Waals surface area contributed by atoms with Gasteiger partial charge in [-0.25, -0.2) is 4.79 Å². The highest BCUT2D eigenvalue weighted by atomic mass is 16.3. The number of hydrogen-bond donors (Lipinski definition) is 3. The van der Waals surface area contributed by atoms with E-state index < -0.39 is 6.03 Å². The first-order valence-electron chi connectivity index (χ1n) is 3.53. The van der Waals surface area contributed by atoms with Gasteiger partial charge in [0.05, 0.1) is 0 Å². The maximum atomic E-state index is 10.8. The van der Waals surface area contributed by atoms with Crippen LogP contribution >= 0.6 is 0 Å². The summed E-state index contributed by atoms with van der Waals surface area (Å²) >= 11 is 0. The number of carbonyl (C=O) groups is 1. The van der Waals surface area contributed by atoms with Crippen molar-refractivity contribution >= 4 is 11.7 Å². The standard InChI is InChI=1S/C8H10N2O2/c11-6-9-8(12)10-7-4-2-1-3-5-7/h1-5,11H,6H2,(H2,9,10,12). The van der Waals surface area contributed by atoms with Crippen LogP contribution in [0.15, 0.2) is 30.3 Å². The van der Waals surface area contributed by atoms with Crippen LogP contribution in [0.2, 0.25) is 0 Å². The van der Waals surface area contributed by atoms with E-state index in [2.05, 4.69) is 10.6 Å². The van der Waals surface area contributed by atoms with Gasteiger partial charge in [0.1, 0.15) is 6.73 Å². The Labute approximate surface area is 70.2 Å². The van der Waals surface area contributed by atoms with E-state index in [-0.39, 0.29) is 6.73 Å². The molecular formula is C8H10N2O2. The SMILES string of the molecule is O=C(NCO)Nc1ccccc1. The first kappa shape index (κ1) is 8.55. The van der Waals surface area contributed by atoms with E-state index >= 15 is 0 Å². The molecule has 2 amide bonds. The molecule has 0 unspecified atom stereocenters. The van der Waals surface area contributed by atoms with E-state index in [4.69, 9.17) is 5.11 Å². The number of urea groups is 1. The maximum Gasteiger partial charge on any atom is 0.321 e. The second-order valence-electron chi connectivity index (χ2n) is 2.16. The van der Waals surface area contributed by atoms with Crippen LogP contribution in [0, 0.1) is 0 Å². The summed E-state index contributed by atoms with van der Waals surface area (Å²) in [6.45, 7) is -0.362.